The van der Waals surface area contributed by atoms with Crippen molar-refractivity contribution in [1.29, 1.82) is 0 Å². The Kier molecular flexibility index (Phi) is 4.85. The molecule has 0 unspecified atom stereocenters. The van der Waals surface area contributed by atoms with Gasteiger partial charge in [0.25, 0.3) is 0 Å². The summed E-state index contributed by atoms with van der Waals surface area (Å²) in [5, 5.41) is 3.34. The molecule has 1 aromatic rings. The van der Waals surface area contributed by atoms with Gasteiger partial charge >= 0.3 is 0 Å². The standard InChI is InChI=1S/C11H16BrNS/c1-8(2)13-6-4-5-10-7-11(12)9(3)14-10/h4-5,7-8,13H,6H2,1-3H3/b5-4+. The second-order valence-corrected chi connectivity index (χ2v) is 5.66. The molecule has 14 heavy (non-hydrogen) atoms. The van der Waals surface area contributed by atoms with Crippen LogP contribution in [-0.2, 0) is 0 Å². The number of aryl methyl sites for hydroxylation is 1. The van der Waals surface area contributed by atoms with Crippen LogP contribution in [0, 0.1) is 6.92 Å². The maximum atomic E-state index is 3.51. The molecule has 0 aliphatic heterocycles. The summed E-state index contributed by atoms with van der Waals surface area (Å²) >= 11 is 5.32. The van der Waals surface area contributed by atoms with E-state index >= 15 is 0 Å². The average Bonchev–Trinajstić information content (AvgIpc) is 2.40. The van der Waals surface area contributed by atoms with Gasteiger partial charge in [-0.25, -0.2) is 0 Å². The van der Waals surface area contributed by atoms with Gasteiger partial charge in [-0.2, -0.15) is 0 Å². The van der Waals surface area contributed by atoms with Crippen molar-refractivity contribution in [2.24, 2.45) is 0 Å². The van der Waals surface area contributed by atoms with Crippen molar-refractivity contribution < 1.29 is 0 Å². The molecular formula is C11H16BrNS. The molecule has 78 valence electrons. The minimum absolute atomic E-state index is 0.552. The Labute approximate surface area is 98.4 Å². The summed E-state index contributed by atoms with van der Waals surface area (Å²) in [5.41, 5.74) is 0. The van der Waals surface area contributed by atoms with E-state index in [-0.39, 0.29) is 0 Å². The van der Waals surface area contributed by atoms with Gasteiger partial charge in [-0.05, 0) is 35.0 Å². The summed E-state index contributed by atoms with van der Waals surface area (Å²) in [6, 6.07) is 2.71. The molecule has 0 aromatic carbocycles. The Morgan fingerprint density at radius 1 is 1.57 bits per heavy atom. The first kappa shape index (κ1) is 12.0. The Bertz CT molecular complexity index is 296. The lowest BCUT2D eigenvalue weighted by Gasteiger charge is -2.02. The molecule has 0 atom stereocenters. The Morgan fingerprint density at radius 2 is 2.29 bits per heavy atom. The van der Waals surface area contributed by atoms with Crippen molar-refractivity contribution in [1.82, 2.24) is 5.32 Å². The first-order chi connectivity index (χ1) is 6.59. The second kappa shape index (κ2) is 5.69. The van der Waals surface area contributed by atoms with E-state index < -0.39 is 0 Å². The summed E-state index contributed by atoms with van der Waals surface area (Å²) in [4.78, 5) is 2.64. The zero-order valence-corrected chi connectivity index (χ0v) is 11.2. The number of hydrogen-bond donors (Lipinski definition) is 1. The molecular weight excluding hydrogens is 258 g/mol. The Morgan fingerprint density at radius 3 is 2.79 bits per heavy atom. The predicted molar refractivity (Wildman–Crippen MR) is 68.9 cm³/mol. The van der Waals surface area contributed by atoms with Crippen LogP contribution in [-0.4, -0.2) is 12.6 Å². The predicted octanol–water partition coefficient (Wildman–Crippen LogP) is 3.83. The first-order valence-corrected chi connectivity index (χ1v) is 6.36. The van der Waals surface area contributed by atoms with Gasteiger partial charge in [0.2, 0.25) is 0 Å². The van der Waals surface area contributed by atoms with Crippen LogP contribution < -0.4 is 5.32 Å². The van der Waals surface area contributed by atoms with Gasteiger partial charge in [-0.3, -0.25) is 0 Å². The van der Waals surface area contributed by atoms with Crippen molar-refractivity contribution in [3.05, 3.63) is 26.4 Å². The minimum atomic E-state index is 0.552. The number of nitrogens with one attached hydrogen (secondary N) is 1. The Balaban J connectivity index is 2.44. The zero-order valence-electron chi connectivity index (χ0n) is 8.80. The molecule has 1 aromatic heterocycles. The summed E-state index contributed by atoms with van der Waals surface area (Å²) in [5.74, 6) is 0. The fraction of sp³-hybridized carbons (Fsp3) is 0.455. The van der Waals surface area contributed by atoms with Crippen LogP contribution in [0.2, 0.25) is 0 Å². The molecule has 0 aliphatic carbocycles. The van der Waals surface area contributed by atoms with Crippen LogP contribution in [0.1, 0.15) is 23.6 Å². The van der Waals surface area contributed by atoms with Crippen LogP contribution >= 0.6 is 27.3 Å². The highest BCUT2D eigenvalue weighted by Crippen LogP contribution is 2.26. The molecule has 0 aliphatic rings. The van der Waals surface area contributed by atoms with Crippen molar-refractivity contribution in [2.75, 3.05) is 6.54 Å². The Hall–Kier alpha value is -0.120. The van der Waals surface area contributed by atoms with E-state index in [1.807, 2.05) is 11.3 Å². The summed E-state index contributed by atoms with van der Waals surface area (Å²) in [6.07, 6.45) is 4.33. The fourth-order valence-corrected chi connectivity index (χ4v) is 2.53. The van der Waals surface area contributed by atoms with Gasteiger partial charge in [-0.15, -0.1) is 11.3 Å². The first-order valence-electron chi connectivity index (χ1n) is 4.75. The monoisotopic (exact) mass is 273 g/mol. The van der Waals surface area contributed by atoms with Gasteiger partial charge in [0.15, 0.2) is 0 Å². The lowest BCUT2D eigenvalue weighted by atomic mass is 10.3. The molecule has 1 rings (SSSR count). The highest BCUT2D eigenvalue weighted by molar-refractivity contribution is 9.10. The third-order valence-corrected chi connectivity index (χ3v) is 3.90. The minimum Gasteiger partial charge on any atom is -0.311 e. The summed E-state index contributed by atoms with van der Waals surface area (Å²) in [6.45, 7) is 7.37. The molecule has 1 heterocycles. The topological polar surface area (TPSA) is 12.0 Å². The molecule has 3 heteroatoms. The number of rotatable bonds is 4. The highest BCUT2D eigenvalue weighted by atomic mass is 79.9. The second-order valence-electron chi connectivity index (χ2n) is 3.52. The lowest BCUT2D eigenvalue weighted by Crippen LogP contribution is -2.22. The van der Waals surface area contributed by atoms with Crippen LogP contribution in [0.4, 0.5) is 0 Å². The van der Waals surface area contributed by atoms with Gasteiger partial charge in [0.05, 0.1) is 0 Å². The third-order valence-electron chi connectivity index (χ3n) is 1.80. The van der Waals surface area contributed by atoms with Gasteiger partial charge < -0.3 is 5.32 Å². The van der Waals surface area contributed by atoms with Crippen LogP contribution in [0.5, 0.6) is 0 Å². The van der Waals surface area contributed by atoms with E-state index in [9.17, 15) is 0 Å². The maximum Gasteiger partial charge on any atom is 0.0317 e. The van der Waals surface area contributed by atoms with Crippen molar-refractivity contribution in [3.8, 4) is 0 Å². The third kappa shape index (κ3) is 3.95. The molecule has 0 spiro atoms. The molecule has 0 fully saturated rings. The van der Waals surface area contributed by atoms with Crippen LogP contribution in [0.25, 0.3) is 6.08 Å². The van der Waals surface area contributed by atoms with Crippen LogP contribution in [0.3, 0.4) is 0 Å². The molecule has 0 radical (unpaired) electrons. The number of halogens is 1. The van der Waals surface area contributed by atoms with E-state index in [4.69, 9.17) is 0 Å². The smallest absolute Gasteiger partial charge is 0.0317 e. The molecule has 0 saturated carbocycles. The normalized spacial score (nSPS) is 11.8. The number of thiophene rings is 1. The molecule has 0 bridgehead atoms. The van der Waals surface area contributed by atoms with E-state index in [2.05, 4.69) is 60.2 Å². The summed E-state index contributed by atoms with van der Waals surface area (Å²) < 4.78 is 1.21. The lowest BCUT2D eigenvalue weighted by molar-refractivity contribution is 0.633. The van der Waals surface area contributed by atoms with Gasteiger partial charge in [-0.1, -0.05) is 19.9 Å². The number of hydrogen-bond acceptors (Lipinski definition) is 2. The molecule has 1 nitrogen and oxygen atoms in total. The van der Waals surface area contributed by atoms with Crippen molar-refractivity contribution in [2.45, 2.75) is 26.8 Å². The largest absolute Gasteiger partial charge is 0.311 e. The quantitative estimate of drug-likeness (QED) is 0.879. The van der Waals surface area contributed by atoms with E-state index in [0.717, 1.165) is 6.54 Å². The fourth-order valence-electron chi connectivity index (χ4n) is 1.04. The van der Waals surface area contributed by atoms with Gasteiger partial charge in [0, 0.05) is 26.8 Å². The highest BCUT2D eigenvalue weighted by Gasteiger charge is 1.98. The zero-order chi connectivity index (χ0) is 10.6. The molecule has 1 N–H and O–H groups in total. The van der Waals surface area contributed by atoms with E-state index in [1.54, 1.807) is 0 Å². The SMILES string of the molecule is Cc1sc(/C=C/CNC(C)C)cc1Br. The summed E-state index contributed by atoms with van der Waals surface area (Å²) in [7, 11) is 0. The van der Waals surface area contributed by atoms with Crippen LogP contribution in [0.15, 0.2) is 16.6 Å². The maximum absolute atomic E-state index is 3.51. The average molecular weight is 274 g/mol. The molecule has 0 amide bonds. The van der Waals surface area contributed by atoms with Crippen molar-refractivity contribution in [3.63, 3.8) is 0 Å². The van der Waals surface area contributed by atoms with E-state index in [1.165, 1.54) is 14.2 Å². The van der Waals surface area contributed by atoms with Gasteiger partial charge in [0.1, 0.15) is 0 Å². The van der Waals surface area contributed by atoms with E-state index in [0.29, 0.717) is 6.04 Å². The van der Waals surface area contributed by atoms with Crippen molar-refractivity contribution >= 4 is 33.3 Å². The molecule has 0 saturated heterocycles.